The van der Waals surface area contributed by atoms with Gasteiger partial charge in [-0.25, -0.2) is 4.79 Å². The summed E-state index contributed by atoms with van der Waals surface area (Å²) in [4.78, 5) is 23.6. The van der Waals surface area contributed by atoms with Gasteiger partial charge in [0.1, 0.15) is 11.9 Å². The lowest BCUT2D eigenvalue weighted by Gasteiger charge is -2.50. The van der Waals surface area contributed by atoms with Crippen LogP contribution in [0.25, 0.3) is 0 Å². The molecule has 1 heterocycles. The summed E-state index contributed by atoms with van der Waals surface area (Å²) < 4.78 is 5.46. The van der Waals surface area contributed by atoms with Crippen LogP contribution in [0.4, 0.5) is 0 Å². The third-order valence-electron chi connectivity index (χ3n) is 5.93. The van der Waals surface area contributed by atoms with Crippen molar-refractivity contribution in [3.05, 3.63) is 12.2 Å². The maximum Gasteiger partial charge on any atom is 0.339 e. The Labute approximate surface area is 125 Å². The number of fused-ring (bicyclic) bond motifs is 2. The lowest BCUT2D eigenvalue weighted by atomic mass is 9.54. The van der Waals surface area contributed by atoms with E-state index in [-0.39, 0.29) is 29.6 Å². The molecule has 3 aliphatic rings. The first-order chi connectivity index (χ1) is 9.76. The SMILES string of the molecule is C=C1CCC[C@]2(C)C[C@H]3OC(=O)[C@@](O)(CC(C)=O)[C@H]3C[C@@H]12. The molecule has 5 atom stereocenters. The van der Waals surface area contributed by atoms with Gasteiger partial charge >= 0.3 is 5.97 Å². The van der Waals surface area contributed by atoms with Crippen LogP contribution in [-0.2, 0) is 14.3 Å². The van der Waals surface area contributed by atoms with E-state index in [1.807, 2.05) is 0 Å². The van der Waals surface area contributed by atoms with Gasteiger partial charge in [-0.05, 0) is 50.4 Å². The molecule has 0 spiro atoms. The second-order valence-corrected chi connectivity index (χ2v) is 7.51. The Hall–Kier alpha value is -1.16. The van der Waals surface area contributed by atoms with Crippen molar-refractivity contribution in [2.75, 3.05) is 0 Å². The van der Waals surface area contributed by atoms with E-state index in [1.165, 1.54) is 12.5 Å². The number of aliphatic hydroxyl groups is 1. The second kappa shape index (κ2) is 4.67. The first-order valence-corrected chi connectivity index (χ1v) is 7.87. The number of esters is 1. The minimum absolute atomic E-state index is 0.109. The summed E-state index contributed by atoms with van der Waals surface area (Å²) in [5, 5.41) is 10.8. The van der Waals surface area contributed by atoms with E-state index in [9.17, 15) is 14.7 Å². The van der Waals surface area contributed by atoms with Gasteiger partial charge in [0, 0.05) is 12.3 Å². The largest absolute Gasteiger partial charge is 0.460 e. The number of ketones is 1. The molecule has 2 aliphatic carbocycles. The van der Waals surface area contributed by atoms with Crippen LogP contribution in [0.5, 0.6) is 0 Å². The zero-order valence-electron chi connectivity index (χ0n) is 12.9. The van der Waals surface area contributed by atoms with Gasteiger partial charge in [0.15, 0.2) is 5.60 Å². The monoisotopic (exact) mass is 292 g/mol. The van der Waals surface area contributed by atoms with Gasteiger partial charge in [0.25, 0.3) is 0 Å². The quantitative estimate of drug-likeness (QED) is 0.627. The molecule has 0 amide bonds. The average Bonchev–Trinajstić information content (AvgIpc) is 2.57. The van der Waals surface area contributed by atoms with Crippen molar-refractivity contribution < 1.29 is 19.4 Å². The summed E-state index contributed by atoms with van der Waals surface area (Å²) in [5.74, 6) is -0.742. The smallest absolute Gasteiger partial charge is 0.339 e. The summed E-state index contributed by atoms with van der Waals surface area (Å²) in [7, 11) is 0. The Morgan fingerprint density at radius 3 is 2.90 bits per heavy atom. The molecule has 3 fully saturated rings. The van der Waals surface area contributed by atoms with Crippen molar-refractivity contribution >= 4 is 11.8 Å². The van der Waals surface area contributed by atoms with E-state index in [2.05, 4.69) is 13.5 Å². The average molecular weight is 292 g/mol. The highest BCUT2D eigenvalue weighted by Gasteiger charge is 2.62. The van der Waals surface area contributed by atoms with Gasteiger partial charge in [-0.1, -0.05) is 19.1 Å². The summed E-state index contributed by atoms with van der Waals surface area (Å²) in [6, 6.07) is 0. The Morgan fingerprint density at radius 1 is 1.52 bits per heavy atom. The van der Waals surface area contributed by atoms with Crippen molar-refractivity contribution in [3.63, 3.8) is 0 Å². The maximum absolute atomic E-state index is 12.1. The number of ether oxygens (including phenoxy) is 1. The van der Waals surface area contributed by atoms with Gasteiger partial charge in [0.05, 0.1) is 0 Å². The minimum Gasteiger partial charge on any atom is -0.460 e. The molecule has 4 nitrogen and oxygen atoms in total. The fourth-order valence-electron chi connectivity index (χ4n) is 4.86. The van der Waals surface area contributed by atoms with E-state index in [0.717, 1.165) is 25.7 Å². The molecule has 0 aromatic heterocycles. The first-order valence-electron chi connectivity index (χ1n) is 7.87. The number of carbonyl (C=O) groups is 2. The molecule has 1 saturated heterocycles. The summed E-state index contributed by atoms with van der Waals surface area (Å²) >= 11 is 0. The molecule has 0 aromatic rings. The molecular weight excluding hydrogens is 268 g/mol. The van der Waals surface area contributed by atoms with E-state index in [1.54, 1.807) is 0 Å². The molecular formula is C17H24O4. The van der Waals surface area contributed by atoms with E-state index in [0.29, 0.717) is 12.3 Å². The molecule has 1 aliphatic heterocycles. The van der Waals surface area contributed by atoms with Gasteiger partial charge in [0.2, 0.25) is 0 Å². The normalized spacial score (nSPS) is 45.8. The fraction of sp³-hybridized carbons (Fsp3) is 0.765. The fourth-order valence-corrected chi connectivity index (χ4v) is 4.86. The van der Waals surface area contributed by atoms with E-state index in [4.69, 9.17) is 4.74 Å². The molecule has 1 N–H and O–H groups in total. The number of carbonyl (C=O) groups excluding carboxylic acids is 2. The van der Waals surface area contributed by atoms with E-state index >= 15 is 0 Å². The molecule has 21 heavy (non-hydrogen) atoms. The van der Waals surface area contributed by atoms with Crippen LogP contribution < -0.4 is 0 Å². The topological polar surface area (TPSA) is 63.6 Å². The van der Waals surface area contributed by atoms with Crippen molar-refractivity contribution in [2.45, 2.75) is 64.1 Å². The molecule has 0 bridgehead atoms. The Morgan fingerprint density at radius 2 is 2.24 bits per heavy atom. The summed E-state index contributed by atoms with van der Waals surface area (Å²) in [6.45, 7) is 7.86. The number of rotatable bonds is 2. The molecule has 3 rings (SSSR count). The highest BCUT2D eigenvalue weighted by molar-refractivity contribution is 5.89. The van der Waals surface area contributed by atoms with Crippen LogP contribution in [0.15, 0.2) is 12.2 Å². The molecule has 2 saturated carbocycles. The predicted molar refractivity (Wildman–Crippen MR) is 77.4 cm³/mol. The van der Waals surface area contributed by atoms with Crippen LogP contribution >= 0.6 is 0 Å². The standard InChI is InChI=1S/C17H24O4/c1-10-5-4-6-16(3)9-14-13(7-12(10)16)17(20,8-11(2)18)15(19)21-14/h12-14,20H,1,4-9H2,2-3H3/t12-,13-,14+,16+,17+/m0/s1. The van der Waals surface area contributed by atoms with Crippen LogP contribution in [0.2, 0.25) is 0 Å². The van der Waals surface area contributed by atoms with Crippen molar-refractivity contribution in [1.29, 1.82) is 0 Å². The Balaban J connectivity index is 1.91. The molecule has 0 radical (unpaired) electrons. The Kier molecular flexibility index (Phi) is 3.28. The predicted octanol–water partition coefficient (Wildman–Crippen LogP) is 2.39. The zero-order valence-corrected chi connectivity index (χ0v) is 12.9. The third-order valence-corrected chi connectivity index (χ3v) is 5.93. The first kappa shape index (κ1) is 14.8. The number of allylic oxidation sites excluding steroid dienone is 1. The van der Waals surface area contributed by atoms with Crippen LogP contribution in [0.1, 0.15) is 52.4 Å². The number of Topliss-reactive ketones (excluding diaryl/α,β-unsaturated/α-hetero) is 1. The molecule has 0 aromatic carbocycles. The van der Waals surface area contributed by atoms with Gasteiger partial charge < -0.3 is 9.84 Å². The van der Waals surface area contributed by atoms with E-state index < -0.39 is 11.6 Å². The lowest BCUT2D eigenvalue weighted by Crippen LogP contribution is -2.50. The minimum atomic E-state index is -1.63. The van der Waals surface area contributed by atoms with Gasteiger partial charge in [-0.15, -0.1) is 0 Å². The highest BCUT2D eigenvalue weighted by atomic mass is 16.6. The van der Waals surface area contributed by atoms with Crippen LogP contribution in [0.3, 0.4) is 0 Å². The van der Waals surface area contributed by atoms with Gasteiger partial charge in [-0.2, -0.15) is 0 Å². The lowest BCUT2D eigenvalue weighted by molar-refractivity contribution is -0.158. The molecule has 116 valence electrons. The van der Waals surface area contributed by atoms with Crippen LogP contribution in [-0.4, -0.2) is 28.6 Å². The summed E-state index contributed by atoms with van der Waals surface area (Å²) in [5.41, 5.74) is -0.292. The van der Waals surface area contributed by atoms with Crippen molar-refractivity contribution in [3.8, 4) is 0 Å². The van der Waals surface area contributed by atoms with Gasteiger partial charge in [-0.3, -0.25) is 4.79 Å². The van der Waals surface area contributed by atoms with Crippen LogP contribution in [0, 0.1) is 17.3 Å². The molecule has 4 heteroatoms. The molecule has 0 unspecified atom stereocenters. The summed E-state index contributed by atoms with van der Waals surface area (Å²) in [6.07, 6.45) is 4.36. The van der Waals surface area contributed by atoms with Crippen molar-refractivity contribution in [1.82, 2.24) is 0 Å². The second-order valence-electron chi connectivity index (χ2n) is 7.51. The third kappa shape index (κ3) is 2.15. The highest BCUT2D eigenvalue weighted by Crippen LogP contribution is 2.58. The zero-order chi connectivity index (χ0) is 15.4. The van der Waals surface area contributed by atoms with Crippen molar-refractivity contribution in [2.24, 2.45) is 17.3 Å². The maximum atomic E-state index is 12.1. The number of hydrogen-bond acceptors (Lipinski definition) is 4. The Bertz CT molecular complexity index is 511. The number of hydrogen-bond donors (Lipinski definition) is 1.